The van der Waals surface area contributed by atoms with Gasteiger partial charge in [-0.2, -0.15) is 0 Å². The Balaban J connectivity index is 2.94. The average molecular weight is 191 g/mol. The summed E-state index contributed by atoms with van der Waals surface area (Å²) in [5.41, 5.74) is 8.91. The van der Waals surface area contributed by atoms with Crippen LogP contribution < -0.4 is 5.73 Å². The van der Waals surface area contributed by atoms with Gasteiger partial charge in [-0.15, -0.1) is 0 Å². The highest BCUT2D eigenvalue weighted by Gasteiger charge is 2.13. The van der Waals surface area contributed by atoms with Gasteiger partial charge in [0.15, 0.2) is 0 Å². The molecule has 0 bridgehead atoms. The highest BCUT2D eigenvalue weighted by Crippen LogP contribution is 2.23. The second kappa shape index (κ2) is 5.16. The molecule has 1 atom stereocenters. The highest BCUT2D eigenvalue weighted by molar-refractivity contribution is 5.30. The van der Waals surface area contributed by atoms with Crippen LogP contribution in [0.2, 0.25) is 0 Å². The van der Waals surface area contributed by atoms with E-state index in [4.69, 9.17) is 5.73 Å². The van der Waals surface area contributed by atoms with Crippen molar-refractivity contribution >= 4 is 0 Å². The summed E-state index contributed by atoms with van der Waals surface area (Å²) in [6.45, 7) is 6.55. The lowest BCUT2D eigenvalue weighted by atomic mass is 9.91. The first-order chi connectivity index (χ1) is 6.66. The molecule has 2 N–H and O–H groups in total. The third kappa shape index (κ3) is 2.58. The second-order valence-corrected chi connectivity index (χ2v) is 4.22. The Morgan fingerprint density at radius 1 is 1.21 bits per heavy atom. The molecule has 0 aliphatic rings. The maximum absolute atomic E-state index is 6.17. The second-order valence-electron chi connectivity index (χ2n) is 4.22. The van der Waals surface area contributed by atoms with E-state index >= 15 is 0 Å². The molecule has 0 aliphatic heterocycles. The zero-order valence-corrected chi connectivity index (χ0v) is 9.46. The number of hydrogen-bond donors (Lipinski definition) is 1. The summed E-state index contributed by atoms with van der Waals surface area (Å²) in [6, 6.07) is 8.72. The Kier molecular flexibility index (Phi) is 4.15. The molecule has 0 aromatic heterocycles. The summed E-state index contributed by atoms with van der Waals surface area (Å²) < 4.78 is 0. The zero-order valence-electron chi connectivity index (χ0n) is 9.46. The summed E-state index contributed by atoms with van der Waals surface area (Å²) in [4.78, 5) is 0. The standard InChI is InChI=1S/C13H21N/c1-4-7-11-8-5-6-9-12(11)13(14)10(2)3/h5-6,8-10,13H,4,7,14H2,1-3H3/t13-/m0/s1. The van der Waals surface area contributed by atoms with Crippen molar-refractivity contribution in [3.05, 3.63) is 35.4 Å². The normalized spacial score (nSPS) is 13.2. The maximum Gasteiger partial charge on any atom is 0.0320 e. The molecule has 0 amide bonds. The summed E-state index contributed by atoms with van der Waals surface area (Å²) in [5, 5.41) is 0. The van der Waals surface area contributed by atoms with Crippen LogP contribution >= 0.6 is 0 Å². The molecule has 1 heteroatoms. The largest absolute Gasteiger partial charge is 0.324 e. The van der Waals surface area contributed by atoms with Crippen molar-refractivity contribution in [2.45, 2.75) is 39.7 Å². The van der Waals surface area contributed by atoms with Crippen LogP contribution in [0.4, 0.5) is 0 Å². The Morgan fingerprint density at radius 3 is 2.43 bits per heavy atom. The van der Waals surface area contributed by atoms with Gasteiger partial charge in [-0.3, -0.25) is 0 Å². The predicted octanol–water partition coefficient (Wildman–Crippen LogP) is 3.29. The first kappa shape index (κ1) is 11.3. The first-order valence-electron chi connectivity index (χ1n) is 5.50. The minimum Gasteiger partial charge on any atom is -0.324 e. The molecule has 1 aromatic rings. The van der Waals surface area contributed by atoms with Gasteiger partial charge in [0.2, 0.25) is 0 Å². The van der Waals surface area contributed by atoms with Crippen molar-refractivity contribution in [3.8, 4) is 0 Å². The molecule has 0 heterocycles. The first-order valence-corrected chi connectivity index (χ1v) is 5.50. The van der Waals surface area contributed by atoms with Gasteiger partial charge in [0.1, 0.15) is 0 Å². The van der Waals surface area contributed by atoms with Crippen LogP contribution in [0.1, 0.15) is 44.4 Å². The fraction of sp³-hybridized carbons (Fsp3) is 0.538. The van der Waals surface area contributed by atoms with Crippen LogP contribution in [0, 0.1) is 5.92 Å². The van der Waals surface area contributed by atoms with Gasteiger partial charge >= 0.3 is 0 Å². The molecule has 0 aliphatic carbocycles. The van der Waals surface area contributed by atoms with Crippen molar-refractivity contribution in [3.63, 3.8) is 0 Å². The molecule has 0 fully saturated rings. The van der Waals surface area contributed by atoms with E-state index in [2.05, 4.69) is 45.0 Å². The minimum atomic E-state index is 0.178. The lowest BCUT2D eigenvalue weighted by Crippen LogP contribution is -2.18. The SMILES string of the molecule is CCCc1ccccc1[C@@H](N)C(C)C. The van der Waals surface area contributed by atoms with E-state index in [0.29, 0.717) is 5.92 Å². The number of nitrogens with two attached hydrogens (primary N) is 1. The average Bonchev–Trinajstić information content (AvgIpc) is 2.18. The Hall–Kier alpha value is -0.820. The zero-order chi connectivity index (χ0) is 10.6. The van der Waals surface area contributed by atoms with Gasteiger partial charge in [0.05, 0.1) is 0 Å². The summed E-state index contributed by atoms with van der Waals surface area (Å²) >= 11 is 0. The highest BCUT2D eigenvalue weighted by atomic mass is 14.6. The van der Waals surface area contributed by atoms with E-state index in [1.807, 2.05) is 0 Å². The Morgan fingerprint density at radius 2 is 1.86 bits per heavy atom. The smallest absolute Gasteiger partial charge is 0.0320 e. The molecule has 0 spiro atoms. The topological polar surface area (TPSA) is 26.0 Å². The van der Waals surface area contributed by atoms with Crippen LogP contribution in [0.3, 0.4) is 0 Å². The van der Waals surface area contributed by atoms with E-state index in [-0.39, 0.29) is 6.04 Å². The Bertz CT molecular complexity index is 278. The van der Waals surface area contributed by atoms with Gasteiger partial charge < -0.3 is 5.73 Å². The Labute approximate surface area is 87.3 Å². The van der Waals surface area contributed by atoms with Crippen LogP contribution in [-0.4, -0.2) is 0 Å². The molecular formula is C13H21N. The summed E-state index contributed by atoms with van der Waals surface area (Å²) in [6.07, 6.45) is 2.32. The molecule has 14 heavy (non-hydrogen) atoms. The number of aryl methyl sites for hydroxylation is 1. The van der Waals surface area contributed by atoms with Gasteiger partial charge in [0.25, 0.3) is 0 Å². The molecule has 1 nitrogen and oxygen atoms in total. The van der Waals surface area contributed by atoms with E-state index in [0.717, 1.165) is 6.42 Å². The lowest BCUT2D eigenvalue weighted by Gasteiger charge is -2.19. The minimum absolute atomic E-state index is 0.178. The molecule has 1 rings (SSSR count). The molecule has 0 saturated carbocycles. The predicted molar refractivity (Wildman–Crippen MR) is 62.2 cm³/mol. The van der Waals surface area contributed by atoms with Crippen LogP contribution in [0.5, 0.6) is 0 Å². The molecule has 0 unspecified atom stereocenters. The van der Waals surface area contributed by atoms with Crippen molar-refractivity contribution < 1.29 is 0 Å². The van der Waals surface area contributed by atoms with Crippen LogP contribution in [0.15, 0.2) is 24.3 Å². The van der Waals surface area contributed by atoms with E-state index < -0.39 is 0 Å². The van der Waals surface area contributed by atoms with Gasteiger partial charge in [-0.05, 0) is 23.5 Å². The molecule has 78 valence electrons. The number of hydrogen-bond acceptors (Lipinski definition) is 1. The third-order valence-corrected chi connectivity index (χ3v) is 2.65. The van der Waals surface area contributed by atoms with Gasteiger partial charge in [-0.25, -0.2) is 0 Å². The molecule has 1 aromatic carbocycles. The van der Waals surface area contributed by atoms with E-state index in [1.54, 1.807) is 0 Å². The quantitative estimate of drug-likeness (QED) is 0.776. The van der Waals surface area contributed by atoms with Crippen LogP contribution in [0.25, 0.3) is 0 Å². The fourth-order valence-corrected chi connectivity index (χ4v) is 1.72. The van der Waals surface area contributed by atoms with Gasteiger partial charge in [0, 0.05) is 6.04 Å². The molecule has 0 saturated heterocycles. The van der Waals surface area contributed by atoms with E-state index in [1.165, 1.54) is 17.5 Å². The fourth-order valence-electron chi connectivity index (χ4n) is 1.72. The molecule has 0 radical (unpaired) electrons. The summed E-state index contributed by atoms with van der Waals surface area (Å²) in [5.74, 6) is 0.507. The maximum atomic E-state index is 6.17. The van der Waals surface area contributed by atoms with E-state index in [9.17, 15) is 0 Å². The van der Waals surface area contributed by atoms with Crippen molar-refractivity contribution in [1.82, 2.24) is 0 Å². The van der Waals surface area contributed by atoms with Crippen molar-refractivity contribution in [1.29, 1.82) is 0 Å². The van der Waals surface area contributed by atoms with Crippen molar-refractivity contribution in [2.24, 2.45) is 11.7 Å². The van der Waals surface area contributed by atoms with Crippen molar-refractivity contribution in [2.75, 3.05) is 0 Å². The molecular weight excluding hydrogens is 170 g/mol. The van der Waals surface area contributed by atoms with Crippen LogP contribution in [-0.2, 0) is 6.42 Å². The lowest BCUT2D eigenvalue weighted by molar-refractivity contribution is 0.510. The number of benzene rings is 1. The third-order valence-electron chi connectivity index (χ3n) is 2.65. The summed E-state index contributed by atoms with van der Waals surface area (Å²) in [7, 11) is 0. The number of rotatable bonds is 4. The monoisotopic (exact) mass is 191 g/mol. The van der Waals surface area contributed by atoms with Gasteiger partial charge in [-0.1, -0.05) is 51.5 Å².